The Balaban J connectivity index is 2.41. The highest BCUT2D eigenvalue weighted by atomic mass is 127. The fourth-order valence-corrected chi connectivity index (χ4v) is 1.77. The van der Waals surface area contributed by atoms with Gasteiger partial charge in [-0.2, -0.15) is 5.26 Å². The van der Waals surface area contributed by atoms with Crippen molar-refractivity contribution in [3.8, 4) is 23.4 Å². The molecule has 19 heavy (non-hydrogen) atoms. The molecule has 0 radical (unpaired) electrons. The predicted molar refractivity (Wildman–Crippen MR) is 75.4 cm³/mol. The molecule has 0 unspecified atom stereocenters. The molecule has 0 amide bonds. The van der Waals surface area contributed by atoms with Crippen LogP contribution in [0.2, 0.25) is 0 Å². The Morgan fingerprint density at radius 3 is 2.89 bits per heavy atom. The lowest BCUT2D eigenvalue weighted by atomic mass is 10.2. The SMILES string of the molecule is COc1cc(C#N)ccc1Oc1nc[nH]c(=O)c1I. The van der Waals surface area contributed by atoms with Gasteiger partial charge in [0, 0.05) is 6.07 Å². The third kappa shape index (κ3) is 2.85. The highest BCUT2D eigenvalue weighted by Gasteiger charge is 2.11. The second-order valence-corrected chi connectivity index (χ2v) is 4.51. The minimum absolute atomic E-state index is 0.187. The fraction of sp³-hybridized carbons (Fsp3) is 0.0833. The summed E-state index contributed by atoms with van der Waals surface area (Å²) < 4.78 is 11.0. The molecule has 0 bridgehead atoms. The summed E-state index contributed by atoms with van der Waals surface area (Å²) in [6.45, 7) is 0. The molecule has 1 heterocycles. The lowest BCUT2D eigenvalue weighted by Gasteiger charge is -2.10. The summed E-state index contributed by atoms with van der Waals surface area (Å²) >= 11 is 1.85. The largest absolute Gasteiger partial charge is 0.493 e. The van der Waals surface area contributed by atoms with Crippen LogP contribution < -0.4 is 15.0 Å². The molecule has 0 aliphatic rings. The lowest BCUT2D eigenvalue weighted by Crippen LogP contribution is -2.11. The van der Waals surface area contributed by atoms with Crippen molar-refractivity contribution in [3.05, 3.63) is 44.0 Å². The van der Waals surface area contributed by atoms with Gasteiger partial charge in [-0.1, -0.05) is 0 Å². The Bertz CT molecular complexity index is 706. The Labute approximate surface area is 122 Å². The zero-order valence-electron chi connectivity index (χ0n) is 9.81. The Morgan fingerprint density at radius 1 is 1.42 bits per heavy atom. The molecule has 1 N–H and O–H groups in total. The maximum atomic E-state index is 11.4. The molecular weight excluding hydrogens is 361 g/mol. The first-order valence-corrected chi connectivity index (χ1v) is 6.22. The molecular formula is C12H8IN3O3. The zero-order valence-corrected chi connectivity index (χ0v) is 12.0. The number of halogens is 1. The maximum Gasteiger partial charge on any atom is 0.268 e. The molecule has 1 aromatic heterocycles. The van der Waals surface area contributed by atoms with Gasteiger partial charge in [-0.15, -0.1) is 0 Å². The van der Waals surface area contributed by atoms with Crippen LogP contribution in [-0.2, 0) is 0 Å². The second-order valence-electron chi connectivity index (χ2n) is 3.43. The summed E-state index contributed by atoms with van der Waals surface area (Å²) in [5.74, 6) is 0.974. The molecule has 0 atom stereocenters. The van der Waals surface area contributed by atoms with Crippen molar-refractivity contribution in [1.29, 1.82) is 5.26 Å². The van der Waals surface area contributed by atoms with E-state index in [9.17, 15) is 4.79 Å². The number of hydrogen-bond donors (Lipinski definition) is 1. The summed E-state index contributed by atoms with van der Waals surface area (Å²) in [6.07, 6.45) is 1.26. The number of nitriles is 1. The van der Waals surface area contributed by atoms with E-state index in [1.54, 1.807) is 18.2 Å². The van der Waals surface area contributed by atoms with Gasteiger partial charge in [0.15, 0.2) is 11.5 Å². The van der Waals surface area contributed by atoms with Crippen molar-refractivity contribution in [2.45, 2.75) is 0 Å². The third-order valence-electron chi connectivity index (χ3n) is 2.26. The Hall–Kier alpha value is -2.08. The smallest absolute Gasteiger partial charge is 0.268 e. The highest BCUT2D eigenvalue weighted by Crippen LogP contribution is 2.32. The van der Waals surface area contributed by atoms with Crippen molar-refractivity contribution in [2.75, 3.05) is 7.11 Å². The molecule has 0 aliphatic carbocycles. The van der Waals surface area contributed by atoms with Gasteiger partial charge in [-0.05, 0) is 34.7 Å². The molecule has 0 saturated carbocycles. The van der Waals surface area contributed by atoms with Crippen molar-refractivity contribution in [2.24, 2.45) is 0 Å². The van der Waals surface area contributed by atoms with E-state index in [2.05, 4.69) is 9.97 Å². The Kier molecular flexibility index (Phi) is 4.01. The summed E-state index contributed by atoms with van der Waals surface area (Å²) in [7, 11) is 1.47. The molecule has 0 fully saturated rings. The van der Waals surface area contributed by atoms with E-state index in [0.717, 1.165) is 0 Å². The summed E-state index contributed by atoms with van der Waals surface area (Å²) in [6, 6.07) is 6.75. The van der Waals surface area contributed by atoms with Gasteiger partial charge in [0.05, 0.1) is 25.1 Å². The van der Waals surface area contributed by atoms with Gasteiger partial charge in [0.2, 0.25) is 5.88 Å². The molecule has 0 aliphatic heterocycles. The summed E-state index contributed by atoms with van der Waals surface area (Å²) in [4.78, 5) is 17.8. The van der Waals surface area contributed by atoms with Gasteiger partial charge < -0.3 is 14.5 Å². The third-order valence-corrected chi connectivity index (χ3v) is 3.22. The zero-order chi connectivity index (χ0) is 13.8. The van der Waals surface area contributed by atoms with E-state index in [4.69, 9.17) is 14.7 Å². The molecule has 6 nitrogen and oxygen atoms in total. The normalized spacial score (nSPS) is 9.74. The molecule has 0 saturated heterocycles. The van der Waals surface area contributed by atoms with Crippen molar-refractivity contribution in [1.82, 2.24) is 9.97 Å². The van der Waals surface area contributed by atoms with Gasteiger partial charge in [0.25, 0.3) is 5.56 Å². The minimum atomic E-state index is -0.279. The van der Waals surface area contributed by atoms with Crippen molar-refractivity contribution >= 4 is 22.6 Å². The van der Waals surface area contributed by atoms with Gasteiger partial charge >= 0.3 is 0 Å². The molecule has 0 spiro atoms. The van der Waals surface area contributed by atoms with Crippen LogP contribution in [0.5, 0.6) is 17.4 Å². The number of nitrogens with zero attached hydrogens (tertiary/aromatic N) is 2. The minimum Gasteiger partial charge on any atom is -0.493 e. The quantitative estimate of drug-likeness (QED) is 0.837. The number of benzene rings is 1. The van der Waals surface area contributed by atoms with Crippen LogP contribution in [0, 0.1) is 14.9 Å². The number of H-pyrrole nitrogens is 1. The number of nitrogens with one attached hydrogen (secondary N) is 1. The molecule has 2 aromatic rings. The number of methoxy groups -OCH3 is 1. The first-order chi connectivity index (χ1) is 9.15. The van der Waals surface area contributed by atoms with Gasteiger partial charge in [-0.25, -0.2) is 4.98 Å². The maximum absolute atomic E-state index is 11.4. The number of hydrogen-bond acceptors (Lipinski definition) is 5. The van der Waals surface area contributed by atoms with Crippen LogP contribution in [0.1, 0.15) is 5.56 Å². The van der Waals surface area contributed by atoms with Crippen LogP contribution in [0.15, 0.2) is 29.3 Å². The van der Waals surface area contributed by atoms with E-state index in [1.807, 2.05) is 28.7 Å². The van der Waals surface area contributed by atoms with Crippen LogP contribution in [0.3, 0.4) is 0 Å². The van der Waals surface area contributed by atoms with E-state index in [0.29, 0.717) is 20.6 Å². The van der Waals surface area contributed by atoms with E-state index in [1.165, 1.54) is 13.4 Å². The monoisotopic (exact) mass is 369 g/mol. The first-order valence-electron chi connectivity index (χ1n) is 5.15. The topological polar surface area (TPSA) is 88.0 Å². The average molecular weight is 369 g/mol. The van der Waals surface area contributed by atoms with E-state index >= 15 is 0 Å². The predicted octanol–water partition coefficient (Wildman–Crippen LogP) is 2.05. The highest BCUT2D eigenvalue weighted by molar-refractivity contribution is 14.1. The van der Waals surface area contributed by atoms with Crippen molar-refractivity contribution in [3.63, 3.8) is 0 Å². The van der Waals surface area contributed by atoms with Crippen LogP contribution in [-0.4, -0.2) is 17.1 Å². The van der Waals surface area contributed by atoms with Crippen LogP contribution in [0.4, 0.5) is 0 Å². The Morgan fingerprint density at radius 2 is 2.21 bits per heavy atom. The molecule has 1 aromatic carbocycles. The van der Waals surface area contributed by atoms with Gasteiger partial charge in [0.1, 0.15) is 3.57 Å². The number of rotatable bonds is 3. The van der Waals surface area contributed by atoms with Crippen LogP contribution >= 0.6 is 22.6 Å². The van der Waals surface area contributed by atoms with Gasteiger partial charge in [-0.3, -0.25) is 4.79 Å². The molecule has 7 heteroatoms. The first kappa shape index (κ1) is 13.4. The summed E-state index contributed by atoms with van der Waals surface area (Å²) in [5.41, 5.74) is 0.177. The molecule has 96 valence electrons. The number of aromatic nitrogens is 2. The fourth-order valence-electron chi connectivity index (χ4n) is 1.36. The van der Waals surface area contributed by atoms with E-state index in [-0.39, 0.29) is 11.4 Å². The van der Waals surface area contributed by atoms with E-state index < -0.39 is 0 Å². The number of aromatic amines is 1. The average Bonchev–Trinajstić information content (AvgIpc) is 2.44. The summed E-state index contributed by atoms with van der Waals surface area (Å²) in [5, 5.41) is 8.81. The lowest BCUT2D eigenvalue weighted by molar-refractivity contribution is 0.372. The standard InChI is InChI=1S/C12H8IN3O3/c1-18-9-4-7(5-14)2-3-8(9)19-12-10(13)11(17)15-6-16-12/h2-4,6H,1H3,(H,15,16,17). The second kappa shape index (κ2) is 5.71. The molecule has 2 rings (SSSR count). The van der Waals surface area contributed by atoms with Crippen LogP contribution in [0.25, 0.3) is 0 Å². The number of ether oxygens (including phenoxy) is 2. The van der Waals surface area contributed by atoms with Crippen molar-refractivity contribution < 1.29 is 9.47 Å².